The number of rotatable bonds is 1. The fourth-order valence-electron chi connectivity index (χ4n) is 7.25. The first kappa shape index (κ1) is 13.6. The standard InChI is InChI=1S/C18H30O2/c1-11-7-8-12-15(2,3)16(4)13-9-18(11,12)10-14(16)20-17(13,5)19-6/h11-14H,7-10H2,1-6H3. The van der Waals surface area contributed by atoms with Gasteiger partial charge >= 0.3 is 0 Å². The lowest BCUT2D eigenvalue weighted by molar-refractivity contribution is -0.214. The van der Waals surface area contributed by atoms with Crippen LogP contribution in [-0.4, -0.2) is 19.0 Å². The molecule has 0 aromatic heterocycles. The van der Waals surface area contributed by atoms with Gasteiger partial charge in [0, 0.05) is 18.4 Å². The summed E-state index contributed by atoms with van der Waals surface area (Å²) in [4.78, 5) is 0. The highest BCUT2D eigenvalue weighted by Crippen LogP contribution is 2.80. The summed E-state index contributed by atoms with van der Waals surface area (Å²) in [6.45, 7) is 12.2. The van der Waals surface area contributed by atoms with Gasteiger partial charge in [-0.25, -0.2) is 0 Å². The molecule has 20 heavy (non-hydrogen) atoms. The van der Waals surface area contributed by atoms with Gasteiger partial charge in [0.25, 0.3) is 0 Å². The molecule has 4 aliphatic carbocycles. The summed E-state index contributed by atoms with van der Waals surface area (Å²) in [5.41, 5.74) is 1.15. The van der Waals surface area contributed by atoms with Gasteiger partial charge in [-0.15, -0.1) is 0 Å². The molecule has 1 spiro atoms. The van der Waals surface area contributed by atoms with E-state index >= 15 is 0 Å². The zero-order valence-corrected chi connectivity index (χ0v) is 14.0. The topological polar surface area (TPSA) is 18.5 Å². The molecule has 1 saturated heterocycles. The fourth-order valence-corrected chi connectivity index (χ4v) is 7.25. The van der Waals surface area contributed by atoms with Gasteiger partial charge in [0.05, 0.1) is 6.10 Å². The molecule has 4 bridgehead atoms. The van der Waals surface area contributed by atoms with Gasteiger partial charge in [0.15, 0.2) is 5.79 Å². The zero-order valence-electron chi connectivity index (χ0n) is 14.0. The third kappa shape index (κ3) is 1.11. The van der Waals surface area contributed by atoms with Crippen LogP contribution in [0.2, 0.25) is 0 Å². The minimum Gasteiger partial charge on any atom is -0.353 e. The van der Waals surface area contributed by atoms with Crippen LogP contribution in [0.5, 0.6) is 0 Å². The monoisotopic (exact) mass is 278 g/mol. The summed E-state index contributed by atoms with van der Waals surface area (Å²) >= 11 is 0. The van der Waals surface area contributed by atoms with Gasteiger partial charge in [0.2, 0.25) is 0 Å². The van der Waals surface area contributed by atoms with Crippen molar-refractivity contribution in [2.75, 3.05) is 7.11 Å². The first-order valence-corrected chi connectivity index (χ1v) is 8.45. The third-order valence-corrected chi connectivity index (χ3v) is 8.78. The van der Waals surface area contributed by atoms with Crippen molar-refractivity contribution in [3.8, 4) is 0 Å². The first-order chi connectivity index (χ1) is 9.22. The molecule has 0 N–H and O–H groups in total. The lowest BCUT2D eigenvalue weighted by atomic mass is 9.35. The molecule has 2 heteroatoms. The van der Waals surface area contributed by atoms with Gasteiger partial charge in [-0.05, 0) is 55.3 Å². The van der Waals surface area contributed by atoms with Crippen molar-refractivity contribution < 1.29 is 9.47 Å². The normalized spacial score (nSPS) is 62.7. The van der Waals surface area contributed by atoms with E-state index in [4.69, 9.17) is 9.47 Å². The van der Waals surface area contributed by atoms with Crippen molar-refractivity contribution in [2.24, 2.45) is 34.0 Å². The predicted octanol–water partition coefficient (Wildman–Crippen LogP) is 4.24. The molecule has 7 unspecified atom stereocenters. The molecular formula is C18H30O2. The van der Waals surface area contributed by atoms with E-state index in [1.807, 2.05) is 7.11 Å². The molecule has 0 aromatic rings. The Kier molecular flexibility index (Phi) is 2.35. The highest BCUT2D eigenvalue weighted by Gasteiger charge is 2.78. The quantitative estimate of drug-likeness (QED) is 0.714. The van der Waals surface area contributed by atoms with E-state index in [-0.39, 0.29) is 11.2 Å². The van der Waals surface area contributed by atoms with Crippen molar-refractivity contribution in [1.29, 1.82) is 0 Å². The van der Waals surface area contributed by atoms with Gasteiger partial charge < -0.3 is 9.47 Å². The second kappa shape index (κ2) is 3.46. The van der Waals surface area contributed by atoms with E-state index in [9.17, 15) is 0 Å². The van der Waals surface area contributed by atoms with Crippen molar-refractivity contribution in [3.63, 3.8) is 0 Å². The molecule has 7 atom stereocenters. The second-order valence-electron chi connectivity index (χ2n) is 9.06. The van der Waals surface area contributed by atoms with Crippen LogP contribution in [0.4, 0.5) is 0 Å². The Morgan fingerprint density at radius 2 is 1.70 bits per heavy atom. The van der Waals surface area contributed by atoms with Crippen LogP contribution >= 0.6 is 0 Å². The average molecular weight is 278 g/mol. The van der Waals surface area contributed by atoms with Crippen molar-refractivity contribution >= 4 is 0 Å². The highest BCUT2D eigenvalue weighted by molar-refractivity contribution is 5.24. The SMILES string of the molecule is COC1(C)OC2CC34CC1C2(C)C(C)(C)C3CCC4C. The number of ether oxygens (including phenoxy) is 2. The van der Waals surface area contributed by atoms with Crippen LogP contribution in [0.1, 0.15) is 60.3 Å². The van der Waals surface area contributed by atoms with Crippen molar-refractivity contribution in [2.45, 2.75) is 72.2 Å². The molecular weight excluding hydrogens is 248 g/mol. The molecule has 4 saturated carbocycles. The van der Waals surface area contributed by atoms with Crippen molar-refractivity contribution in [1.82, 2.24) is 0 Å². The molecule has 1 aliphatic heterocycles. The molecule has 5 aliphatic rings. The Labute approximate surface area is 123 Å². The summed E-state index contributed by atoms with van der Waals surface area (Å²) in [5.74, 6) is 1.91. The molecule has 5 rings (SSSR count). The Morgan fingerprint density at radius 1 is 1.00 bits per heavy atom. The maximum Gasteiger partial charge on any atom is 0.168 e. The van der Waals surface area contributed by atoms with Crippen LogP contribution in [0.15, 0.2) is 0 Å². The largest absolute Gasteiger partial charge is 0.353 e. The number of hydrogen-bond donors (Lipinski definition) is 0. The fraction of sp³-hybridized carbons (Fsp3) is 1.00. The van der Waals surface area contributed by atoms with E-state index in [0.717, 1.165) is 11.8 Å². The van der Waals surface area contributed by atoms with Crippen LogP contribution < -0.4 is 0 Å². The summed E-state index contributed by atoms with van der Waals surface area (Å²) in [6.07, 6.45) is 5.81. The molecule has 0 amide bonds. The van der Waals surface area contributed by atoms with E-state index in [2.05, 4.69) is 34.6 Å². The molecule has 1 heterocycles. The number of hydrogen-bond acceptors (Lipinski definition) is 2. The van der Waals surface area contributed by atoms with Crippen molar-refractivity contribution in [3.05, 3.63) is 0 Å². The highest BCUT2D eigenvalue weighted by atomic mass is 16.7. The zero-order chi connectivity index (χ0) is 14.6. The van der Waals surface area contributed by atoms with Crippen LogP contribution in [0, 0.1) is 34.0 Å². The van der Waals surface area contributed by atoms with Gasteiger partial charge in [-0.1, -0.05) is 27.7 Å². The summed E-state index contributed by atoms with van der Waals surface area (Å²) in [5, 5.41) is 0. The smallest absolute Gasteiger partial charge is 0.168 e. The Hall–Kier alpha value is -0.0800. The summed E-state index contributed by atoms with van der Waals surface area (Å²) in [6, 6.07) is 0. The summed E-state index contributed by atoms with van der Waals surface area (Å²) in [7, 11) is 1.83. The Balaban J connectivity index is 1.91. The predicted molar refractivity (Wildman–Crippen MR) is 79.2 cm³/mol. The Bertz CT molecular complexity index is 458. The lowest BCUT2D eigenvalue weighted by Crippen LogP contribution is -2.66. The van der Waals surface area contributed by atoms with Crippen LogP contribution in [0.25, 0.3) is 0 Å². The van der Waals surface area contributed by atoms with E-state index in [1.165, 1.54) is 25.7 Å². The van der Waals surface area contributed by atoms with Gasteiger partial charge in [0.1, 0.15) is 0 Å². The van der Waals surface area contributed by atoms with E-state index in [0.29, 0.717) is 22.9 Å². The molecule has 5 fully saturated rings. The average Bonchev–Trinajstić information content (AvgIpc) is 2.74. The van der Waals surface area contributed by atoms with Gasteiger partial charge in [-0.2, -0.15) is 0 Å². The molecule has 114 valence electrons. The molecule has 0 aromatic carbocycles. The minimum atomic E-state index is -0.368. The second-order valence-corrected chi connectivity index (χ2v) is 9.06. The molecule has 0 radical (unpaired) electrons. The lowest BCUT2D eigenvalue weighted by Gasteiger charge is -2.68. The van der Waals surface area contributed by atoms with Crippen LogP contribution in [-0.2, 0) is 9.47 Å². The third-order valence-electron chi connectivity index (χ3n) is 8.78. The summed E-state index contributed by atoms with van der Waals surface area (Å²) < 4.78 is 12.4. The van der Waals surface area contributed by atoms with Crippen LogP contribution in [0.3, 0.4) is 0 Å². The van der Waals surface area contributed by atoms with Gasteiger partial charge in [-0.3, -0.25) is 0 Å². The first-order valence-electron chi connectivity index (χ1n) is 8.45. The maximum atomic E-state index is 6.52. The Morgan fingerprint density at radius 3 is 2.35 bits per heavy atom. The maximum absolute atomic E-state index is 6.52. The van der Waals surface area contributed by atoms with E-state index < -0.39 is 0 Å². The molecule has 2 nitrogen and oxygen atoms in total. The van der Waals surface area contributed by atoms with E-state index in [1.54, 1.807) is 0 Å². The number of methoxy groups -OCH3 is 1. The minimum absolute atomic E-state index is 0.272.